The summed E-state index contributed by atoms with van der Waals surface area (Å²) >= 11 is 0. The second-order valence-electron chi connectivity index (χ2n) is 1.67. The van der Waals surface area contributed by atoms with Gasteiger partial charge in [-0.15, -0.1) is 0 Å². The van der Waals surface area contributed by atoms with E-state index < -0.39 is 0 Å². The third kappa shape index (κ3) is 4.94. The molecule has 0 atom stereocenters. The van der Waals surface area contributed by atoms with Crippen LogP contribution in [0.4, 0.5) is 0 Å². The summed E-state index contributed by atoms with van der Waals surface area (Å²) in [6.45, 7) is 1.78. The minimum atomic E-state index is 0.0181. The van der Waals surface area contributed by atoms with Crippen LogP contribution < -0.4 is 0 Å². The van der Waals surface area contributed by atoms with Gasteiger partial charge in [-0.05, 0) is 13.0 Å². The van der Waals surface area contributed by atoms with E-state index in [2.05, 4.69) is 0 Å². The maximum absolute atomic E-state index is 10.6. The van der Waals surface area contributed by atoms with Crippen LogP contribution in [0.15, 0.2) is 12.2 Å². The Morgan fingerprint density at radius 1 is 1.56 bits per heavy atom. The van der Waals surface area contributed by atoms with E-state index in [9.17, 15) is 9.59 Å². The SMILES string of the molecule is C/C=C\C(=O)CCC=O. The predicted molar refractivity (Wildman–Crippen MR) is 35.1 cm³/mol. The molecule has 0 unspecified atom stereocenters. The summed E-state index contributed by atoms with van der Waals surface area (Å²) in [5.41, 5.74) is 0. The second-order valence-corrected chi connectivity index (χ2v) is 1.67. The van der Waals surface area contributed by atoms with E-state index in [4.69, 9.17) is 0 Å². The quantitative estimate of drug-likeness (QED) is 0.417. The minimum absolute atomic E-state index is 0.0181. The molecule has 2 nitrogen and oxygen atoms in total. The van der Waals surface area contributed by atoms with E-state index >= 15 is 0 Å². The van der Waals surface area contributed by atoms with E-state index in [-0.39, 0.29) is 5.78 Å². The Kier molecular flexibility index (Phi) is 4.69. The van der Waals surface area contributed by atoms with E-state index in [1.165, 1.54) is 6.08 Å². The van der Waals surface area contributed by atoms with E-state index in [1.807, 2.05) is 0 Å². The van der Waals surface area contributed by atoms with Crippen LogP contribution in [0.2, 0.25) is 0 Å². The average Bonchev–Trinajstić information content (AvgIpc) is 1.85. The minimum Gasteiger partial charge on any atom is -0.303 e. The molecule has 0 aromatic carbocycles. The molecule has 9 heavy (non-hydrogen) atoms. The van der Waals surface area contributed by atoms with Crippen molar-refractivity contribution in [3.63, 3.8) is 0 Å². The van der Waals surface area contributed by atoms with Crippen LogP contribution in [0.3, 0.4) is 0 Å². The first-order valence-corrected chi connectivity index (χ1v) is 2.90. The maximum Gasteiger partial charge on any atom is 0.155 e. The molecule has 0 radical (unpaired) electrons. The summed E-state index contributed by atoms with van der Waals surface area (Å²) < 4.78 is 0. The number of allylic oxidation sites excluding steroid dienone is 2. The summed E-state index contributed by atoms with van der Waals surface area (Å²) in [7, 11) is 0. The Bertz CT molecular complexity index is 125. The summed E-state index contributed by atoms with van der Waals surface area (Å²) in [6, 6.07) is 0. The van der Waals surface area contributed by atoms with Gasteiger partial charge in [-0.3, -0.25) is 4.79 Å². The van der Waals surface area contributed by atoms with Crippen molar-refractivity contribution in [2.24, 2.45) is 0 Å². The van der Waals surface area contributed by atoms with Gasteiger partial charge in [0.25, 0.3) is 0 Å². The molecule has 0 fully saturated rings. The van der Waals surface area contributed by atoms with Crippen molar-refractivity contribution >= 4 is 12.1 Å². The first kappa shape index (κ1) is 8.08. The van der Waals surface area contributed by atoms with Crippen LogP contribution in [0, 0.1) is 0 Å². The highest BCUT2D eigenvalue weighted by molar-refractivity contribution is 5.90. The normalized spacial score (nSPS) is 9.89. The van der Waals surface area contributed by atoms with Gasteiger partial charge in [0.1, 0.15) is 6.29 Å². The van der Waals surface area contributed by atoms with Gasteiger partial charge in [-0.1, -0.05) is 6.08 Å². The Morgan fingerprint density at radius 2 is 2.22 bits per heavy atom. The molecule has 0 aromatic rings. The number of rotatable bonds is 4. The molecule has 2 heteroatoms. The maximum atomic E-state index is 10.6. The van der Waals surface area contributed by atoms with Crippen LogP contribution in [-0.4, -0.2) is 12.1 Å². The molecular formula is C7H10O2. The number of carbonyl (C=O) groups excluding carboxylic acids is 2. The summed E-state index contributed by atoms with van der Waals surface area (Å²) in [4.78, 5) is 20.3. The zero-order valence-electron chi connectivity index (χ0n) is 5.46. The highest BCUT2D eigenvalue weighted by atomic mass is 16.1. The van der Waals surface area contributed by atoms with E-state index in [1.54, 1.807) is 13.0 Å². The number of hydrogen-bond donors (Lipinski definition) is 0. The van der Waals surface area contributed by atoms with Gasteiger partial charge in [-0.25, -0.2) is 0 Å². The van der Waals surface area contributed by atoms with Gasteiger partial charge in [0.05, 0.1) is 0 Å². The first-order chi connectivity index (χ1) is 4.31. The Labute approximate surface area is 54.6 Å². The average molecular weight is 126 g/mol. The molecule has 0 saturated heterocycles. The Morgan fingerprint density at radius 3 is 2.67 bits per heavy atom. The molecule has 0 bridgehead atoms. The van der Waals surface area contributed by atoms with Gasteiger partial charge < -0.3 is 4.79 Å². The number of aldehydes is 1. The zero-order valence-corrected chi connectivity index (χ0v) is 5.46. The smallest absolute Gasteiger partial charge is 0.155 e. The fourth-order valence-corrected chi connectivity index (χ4v) is 0.470. The molecule has 0 rings (SSSR count). The van der Waals surface area contributed by atoms with Crippen molar-refractivity contribution in [3.8, 4) is 0 Å². The topological polar surface area (TPSA) is 34.1 Å². The third-order valence-corrected chi connectivity index (χ3v) is 0.861. The lowest BCUT2D eigenvalue weighted by Crippen LogP contribution is -1.91. The lowest BCUT2D eigenvalue weighted by molar-refractivity contribution is -0.116. The molecule has 0 spiro atoms. The van der Waals surface area contributed by atoms with Crippen LogP contribution in [0.5, 0.6) is 0 Å². The van der Waals surface area contributed by atoms with Crippen molar-refractivity contribution in [1.82, 2.24) is 0 Å². The second kappa shape index (κ2) is 5.22. The van der Waals surface area contributed by atoms with Gasteiger partial charge in [0, 0.05) is 12.8 Å². The first-order valence-electron chi connectivity index (χ1n) is 2.90. The molecule has 0 saturated carbocycles. The highest BCUT2D eigenvalue weighted by Crippen LogP contribution is 1.88. The summed E-state index contributed by atoms with van der Waals surface area (Å²) in [6.07, 6.45) is 4.58. The molecule has 0 aliphatic heterocycles. The third-order valence-electron chi connectivity index (χ3n) is 0.861. The highest BCUT2D eigenvalue weighted by Gasteiger charge is 1.92. The van der Waals surface area contributed by atoms with Gasteiger partial charge in [0.2, 0.25) is 0 Å². The molecule has 0 aliphatic rings. The van der Waals surface area contributed by atoms with Gasteiger partial charge >= 0.3 is 0 Å². The molecule has 0 N–H and O–H groups in total. The lowest BCUT2D eigenvalue weighted by Gasteiger charge is -1.84. The number of ketones is 1. The van der Waals surface area contributed by atoms with E-state index in [0.717, 1.165) is 6.29 Å². The van der Waals surface area contributed by atoms with Crippen molar-refractivity contribution in [3.05, 3.63) is 12.2 Å². The summed E-state index contributed by atoms with van der Waals surface area (Å²) in [5, 5.41) is 0. The van der Waals surface area contributed by atoms with Crippen LogP contribution in [0.25, 0.3) is 0 Å². The number of carbonyl (C=O) groups is 2. The molecule has 0 heterocycles. The van der Waals surface area contributed by atoms with Gasteiger partial charge in [0.15, 0.2) is 5.78 Å². The van der Waals surface area contributed by atoms with Crippen molar-refractivity contribution < 1.29 is 9.59 Å². The fraction of sp³-hybridized carbons (Fsp3) is 0.429. The monoisotopic (exact) mass is 126 g/mol. The van der Waals surface area contributed by atoms with E-state index in [0.29, 0.717) is 12.8 Å². The number of hydrogen-bond acceptors (Lipinski definition) is 2. The van der Waals surface area contributed by atoms with Crippen LogP contribution in [-0.2, 0) is 9.59 Å². The lowest BCUT2D eigenvalue weighted by atomic mass is 10.2. The molecule has 0 aliphatic carbocycles. The van der Waals surface area contributed by atoms with Crippen molar-refractivity contribution in [1.29, 1.82) is 0 Å². The van der Waals surface area contributed by atoms with Crippen molar-refractivity contribution in [2.75, 3.05) is 0 Å². The fourth-order valence-electron chi connectivity index (χ4n) is 0.470. The largest absolute Gasteiger partial charge is 0.303 e. The molecule has 0 amide bonds. The molecule has 50 valence electrons. The molecule has 0 aromatic heterocycles. The zero-order chi connectivity index (χ0) is 7.11. The Balaban J connectivity index is 3.38. The van der Waals surface area contributed by atoms with Crippen LogP contribution in [0.1, 0.15) is 19.8 Å². The predicted octanol–water partition coefficient (Wildman–Crippen LogP) is 1.11. The standard InChI is InChI=1S/C7H10O2/c1-2-4-7(9)5-3-6-8/h2,4,6H,3,5H2,1H3/b4-2-. The molecular weight excluding hydrogens is 116 g/mol. The van der Waals surface area contributed by atoms with Crippen molar-refractivity contribution in [2.45, 2.75) is 19.8 Å². The van der Waals surface area contributed by atoms with Gasteiger partial charge in [-0.2, -0.15) is 0 Å². The Hall–Kier alpha value is -0.920. The van der Waals surface area contributed by atoms with Crippen LogP contribution >= 0.6 is 0 Å². The summed E-state index contributed by atoms with van der Waals surface area (Å²) in [5.74, 6) is 0.0181.